The number of benzene rings is 3. The maximum atomic E-state index is 12.6. The van der Waals surface area contributed by atoms with Crippen molar-refractivity contribution < 1.29 is 14.7 Å². The third-order valence-electron chi connectivity index (χ3n) is 5.86. The minimum absolute atomic E-state index is 0.216. The topological polar surface area (TPSA) is 69.6 Å². The molecule has 5 heteroatoms. The number of fused-ring (bicyclic) bond motifs is 1. The number of hydrogen-bond donors (Lipinski definition) is 2. The quantitative estimate of drug-likeness (QED) is 0.524. The first-order chi connectivity index (χ1) is 15.1. The van der Waals surface area contributed by atoms with E-state index in [9.17, 15) is 14.7 Å². The van der Waals surface area contributed by atoms with Crippen molar-refractivity contribution in [3.8, 4) is 0 Å². The van der Waals surface area contributed by atoms with E-state index in [1.807, 2.05) is 36.4 Å². The van der Waals surface area contributed by atoms with Gasteiger partial charge in [0.05, 0.1) is 0 Å². The average Bonchev–Trinajstić information content (AvgIpc) is 3.62. The summed E-state index contributed by atoms with van der Waals surface area (Å²) in [5.74, 6) is -1.22. The molecule has 1 aliphatic carbocycles. The number of carboxylic acids is 1. The summed E-state index contributed by atoms with van der Waals surface area (Å²) in [6.45, 7) is 1.42. The fourth-order valence-corrected chi connectivity index (χ4v) is 4.04. The summed E-state index contributed by atoms with van der Waals surface area (Å²) in [5.41, 5.74) is 2.16. The molecule has 2 N–H and O–H groups in total. The number of carbonyl (C=O) groups excluding carboxylic acids is 1. The van der Waals surface area contributed by atoms with Gasteiger partial charge in [0.15, 0.2) is 0 Å². The Hall–Kier alpha value is -3.18. The lowest BCUT2D eigenvalue weighted by molar-refractivity contribution is -0.141. The Kier molecular flexibility index (Phi) is 6.63. The standard InChI is InChI=1S/C26H28N2O3/c29-25(27-24(26(30)31)17-19-7-2-1-3-8-19)15-16-28(22-13-14-22)18-21-11-6-10-20-9-4-5-12-23(20)21/h1-12,22,24H,13-18H2,(H,27,29)(H,30,31). The van der Waals surface area contributed by atoms with Gasteiger partial charge < -0.3 is 10.4 Å². The minimum atomic E-state index is -1.01. The number of rotatable bonds is 10. The van der Waals surface area contributed by atoms with Gasteiger partial charge in [0.2, 0.25) is 5.91 Å². The molecule has 3 aromatic rings. The predicted octanol–water partition coefficient (Wildman–Crippen LogP) is 4.01. The summed E-state index contributed by atoms with van der Waals surface area (Å²) in [7, 11) is 0. The second-order valence-electron chi connectivity index (χ2n) is 8.24. The summed E-state index contributed by atoms with van der Waals surface area (Å²) in [6, 6.07) is 23.7. The molecule has 0 heterocycles. The van der Waals surface area contributed by atoms with Crippen LogP contribution in [-0.4, -0.2) is 40.5 Å². The fourth-order valence-electron chi connectivity index (χ4n) is 4.04. The average molecular weight is 417 g/mol. The summed E-state index contributed by atoms with van der Waals surface area (Å²) in [5, 5.41) is 14.7. The highest BCUT2D eigenvalue weighted by molar-refractivity contribution is 5.86. The minimum Gasteiger partial charge on any atom is -0.480 e. The van der Waals surface area contributed by atoms with E-state index >= 15 is 0 Å². The normalized spacial score (nSPS) is 14.5. The van der Waals surface area contributed by atoms with E-state index in [0.29, 0.717) is 19.0 Å². The van der Waals surface area contributed by atoms with Crippen molar-refractivity contribution >= 4 is 22.6 Å². The van der Waals surface area contributed by atoms with Crippen molar-refractivity contribution in [2.24, 2.45) is 0 Å². The first-order valence-electron chi connectivity index (χ1n) is 10.9. The van der Waals surface area contributed by atoms with Gasteiger partial charge >= 0.3 is 5.97 Å². The Morgan fingerprint density at radius 1 is 0.968 bits per heavy atom. The molecule has 5 nitrogen and oxygen atoms in total. The molecule has 4 rings (SSSR count). The van der Waals surface area contributed by atoms with Gasteiger partial charge in [-0.1, -0.05) is 72.8 Å². The molecule has 0 bridgehead atoms. The molecule has 1 aliphatic rings. The van der Waals surface area contributed by atoms with Crippen LogP contribution in [0.4, 0.5) is 0 Å². The van der Waals surface area contributed by atoms with Gasteiger partial charge in [-0.05, 0) is 34.7 Å². The molecule has 0 aliphatic heterocycles. The zero-order valence-corrected chi connectivity index (χ0v) is 17.5. The number of nitrogens with zero attached hydrogens (tertiary/aromatic N) is 1. The Labute approximate surface area is 182 Å². The van der Waals surface area contributed by atoms with Crippen LogP contribution >= 0.6 is 0 Å². The third kappa shape index (κ3) is 5.70. The second-order valence-corrected chi connectivity index (χ2v) is 8.24. The monoisotopic (exact) mass is 416 g/mol. The lowest BCUT2D eigenvalue weighted by Crippen LogP contribution is -2.43. The number of carboxylic acid groups (broad SMARTS) is 1. The Balaban J connectivity index is 1.36. The number of hydrogen-bond acceptors (Lipinski definition) is 3. The van der Waals surface area contributed by atoms with Crippen molar-refractivity contribution in [1.29, 1.82) is 0 Å². The van der Waals surface area contributed by atoms with Crippen LogP contribution in [-0.2, 0) is 22.6 Å². The fraction of sp³-hybridized carbons (Fsp3) is 0.308. The van der Waals surface area contributed by atoms with E-state index < -0.39 is 12.0 Å². The lowest BCUT2D eigenvalue weighted by atomic mass is 10.0. The molecule has 1 atom stereocenters. The molecule has 0 radical (unpaired) electrons. The van der Waals surface area contributed by atoms with Gasteiger partial charge in [-0.15, -0.1) is 0 Å². The van der Waals surface area contributed by atoms with E-state index in [0.717, 1.165) is 24.9 Å². The molecule has 1 amide bonds. The van der Waals surface area contributed by atoms with E-state index in [1.54, 1.807) is 0 Å². The first-order valence-corrected chi connectivity index (χ1v) is 10.9. The van der Waals surface area contributed by atoms with Crippen LogP contribution in [0.3, 0.4) is 0 Å². The van der Waals surface area contributed by atoms with Gasteiger partial charge in [0.1, 0.15) is 6.04 Å². The summed E-state index contributed by atoms with van der Waals surface area (Å²) < 4.78 is 0. The SMILES string of the molecule is O=C(CCN(Cc1cccc2ccccc12)C1CC1)NC(Cc1ccccc1)C(=O)O. The first kappa shape index (κ1) is 21.1. The molecule has 0 spiro atoms. The van der Waals surface area contributed by atoms with Gasteiger partial charge in [-0.2, -0.15) is 0 Å². The zero-order valence-electron chi connectivity index (χ0n) is 17.5. The highest BCUT2D eigenvalue weighted by Gasteiger charge is 2.30. The number of amides is 1. The van der Waals surface area contributed by atoms with Crippen LogP contribution in [0.25, 0.3) is 10.8 Å². The largest absolute Gasteiger partial charge is 0.480 e. The molecule has 1 fully saturated rings. The molecule has 31 heavy (non-hydrogen) atoms. The molecule has 1 saturated carbocycles. The van der Waals surface area contributed by atoms with Gasteiger partial charge in [0.25, 0.3) is 0 Å². The van der Waals surface area contributed by atoms with Crippen LogP contribution in [0.2, 0.25) is 0 Å². The van der Waals surface area contributed by atoms with E-state index in [1.165, 1.54) is 16.3 Å². The van der Waals surface area contributed by atoms with Crippen molar-refractivity contribution in [2.75, 3.05) is 6.54 Å². The van der Waals surface area contributed by atoms with Crippen molar-refractivity contribution in [2.45, 2.75) is 44.3 Å². The van der Waals surface area contributed by atoms with Crippen molar-refractivity contribution in [3.05, 3.63) is 83.9 Å². The van der Waals surface area contributed by atoms with E-state index in [2.05, 4.69) is 46.6 Å². The predicted molar refractivity (Wildman–Crippen MR) is 122 cm³/mol. The Morgan fingerprint density at radius 3 is 2.42 bits per heavy atom. The number of aliphatic carboxylic acids is 1. The van der Waals surface area contributed by atoms with Crippen LogP contribution in [0.15, 0.2) is 72.8 Å². The molecule has 160 valence electrons. The van der Waals surface area contributed by atoms with Crippen molar-refractivity contribution in [1.82, 2.24) is 10.2 Å². The smallest absolute Gasteiger partial charge is 0.326 e. The van der Waals surface area contributed by atoms with E-state index in [4.69, 9.17) is 0 Å². The maximum absolute atomic E-state index is 12.6. The molecule has 3 aromatic carbocycles. The van der Waals surface area contributed by atoms with Crippen LogP contribution in [0, 0.1) is 0 Å². The second kappa shape index (κ2) is 9.75. The van der Waals surface area contributed by atoms with Crippen LogP contribution in [0.5, 0.6) is 0 Å². The van der Waals surface area contributed by atoms with Gasteiger partial charge in [-0.3, -0.25) is 9.69 Å². The van der Waals surface area contributed by atoms with Gasteiger partial charge in [0, 0.05) is 32.0 Å². The summed E-state index contributed by atoms with van der Waals surface area (Å²) >= 11 is 0. The highest BCUT2D eigenvalue weighted by Crippen LogP contribution is 2.30. The zero-order chi connectivity index (χ0) is 21.6. The molecular formula is C26H28N2O3. The molecule has 1 unspecified atom stereocenters. The molecule has 0 saturated heterocycles. The van der Waals surface area contributed by atoms with Crippen LogP contribution in [0.1, 0.15) is 30.4 Å². The summed E-state index contributed by atoms with van der Waals surface area (Å²) in [6.07, 6.45) is 2.88. The lowest BCUT2D eigenvalue weighted by Gasteiger charge is -2.23. The molecule has 0 aromatic heterocycles. The Bertz CT molecular complexity index is 1040. The van der Waals surface area contributed by atoms with Crippen LogP contribution < -0.4 is 5.32 Å². The summed E-state index contributed by atoms with van der Waals surface area (Å²) in [4.78, 5) is 26.6. The number of nitrogens with one attached hydrogen (secondary N) is 1. The number of carbonyl (C=O) groups is 2. The van der Waals surface area contributed by atoms with Crippen molar-refractivity contribution in [3.63, 3.8) is 0 Å². The highest BCUT2D eigenvalue weighted by atomic mass is 16.4. The third-order valence-corrected chi connectivity index (χ3v) is 5.86. The molecular weight excluding hydrogens is 388 g/mol. The maximum Gasteiger partial charge on any atom is 0.326 e. The van der Waals surface area contributed by atoms with Gasteiger partial charge in [-0.25, -0.2) is 4.79 Å². The Morgan fingerprint density at radius 2 is 1.68 bits per heavy atom. The van der Waals surface area contributed by atoms with E-state index in [-0.39, 0.29) is 12.3 Å².